The van der Waals surface area contributed by atoms with E-state index in [0.29, 0.717) is 24.7 Å². The predicted molar refractivity (Wildman–Crippen MR) is 118 cm³/mol. The molecule has 2 bridgehead atoms. The van der Waals surface area contributed by atoms with Crippen molar-refractivity contribution in [1.82, 2.24) is 30.0 Å². The van der Waals surface area contributed by atoms with Gasteiger partial charge in [0.2, 0.25) is 29.4 Å². The Morgan fingerprint density at radius 3 is 2.41 bits per heavy atom. The van der Waals surface area contributed by atoms with Crippen LogP contribution in [0.2, 0.25) is 0 Å². The lowest BCUT2D eigenvalue weighted by Crippen LogP contribution is -2.43. The summed E-state index contributed by atoms with van der Waals surface area (Å²) >= 11 is 0. The van der Waals surface area contributed by atoms with Crippen molar-refractivity contribution in [3.63, 3.8) is 0 Å². The lowest BCUT2D eigenvalue weighted by atomic mass is 9.90. The van der Waals surface area contributed by atoms with Gasteiger partial charge in [0.05, 0.1) is 6.42 Å². The number of halogens is 3. The van der Waals surface area contributed by atoms with Gasteiger partial charge in [-0.25, -0.2) is 0 Å². The minimum Gasteiger partial charge on any atom is -0.368 e. The predicted octanol–water partition coefficient (Wildman–Crippen LogP) is 3.93. The van der Waals surface area contributed by atoms with Crippen molar-refractivity contribution in [2.24, 2.45) is 0 Å². The zero-order chi connectivity index (χ0) is 23.9. The van der Waals surface area contributed by atoms with Crippen molar-refractivity contribution >= 4 is 17.6 Å². The number of hydrogen-bond donors (Lipinski definition) is 1. The highest BCUT2D eigenvalue weighted by Crippen LogP contribution is 2.43. The van der Waals surface area contributed by atoms with Crippen LogP contribution >= 0.6 is 0 Å². The van der Waals surface area contributed by atoms with E-state index in [1.807, 2.05) is 42.3 Å². The molecule has 2 aliphatic heterocycles. The molecule has 3 aromatic rings. The van der Waals surface area contributed by atoms with Gasteiger partial charge in [0.25, 0.3) is 0 Å². The number of nitrogens with zero attached hydrogens (tertiary/aromatic N) is 7. The molecule has 0 spiro atoms. The molecule has 2 fully saturated rings. The van der Waals surface area contributed by atoms with Gasteiger partial charge < -0.3 is 15.2 Å². The number of alkyl halides is 3. The first-order chi connectivity index (χ1) is 16.3. The Hall–Kier alpha value is -3.28. The number of hydrogen-bond acceptors (Lipinski definition) is 9. The van der Waals surface area contributed by atoms with Gasteiger partial charge in [-0.1, -0.05) is 23.4 Å². The van der Waals surface area contributed by atoms with Gasteiger partial charge in [-0.15, -0.1) is 0 Å². The number of piperidine rings is 1. The molecule has 0 saturated carbocycles. The highest BCUT2D eigenvalue weighted by molar-refractivity contribution is 5.58. The summed E-state index contributed by atoms with van der Waals surface area (Å²) in [5.41, 5.74) is 6.80. The van der Waals surface area contributed by atoms with E-state index in [0.717, 1.165) is 18.5 Å². The first-order valence-electron chi connectivity index (χ1n) is 11.2. The summed E-state index contributed by atoms with van der Waals surface area (Å²) in [4.78, 5) is 21.1. The average Bonchev–Trinajstić information content (AvgIpc) is 3.39. The number of rotatable bonds is 6. The third-order valence-corrected chi connectivity index (χ3v) is 6.61. The van der Waals surface area contributed by atoms with E-state index in [-0.39, 0.29) is 42.1 Å². The third-order valence-electron chi connectivity index (χ3n) is 6.61. The molecule has 1 aromatic carbocycles. The fraction of sp³-hybridized carbons (Fsp3) is 0.500. The topological polar surface area (TPSA) is 110 Å². The third kappa shape index (κ3) is 4.67. The molecule has 9 nitrogen and oxygen atoms in total. The zero-order valence-electron chi connectivity index (χ0n) is 18.6. The number of nitrogen functional groups attached to an aromatic ring is 1. The van der Waals surface area contributed by atoms with Crippen LogP contribution in [0.1, 0.15) is 43.9 Å². The Kier molecular flexibility index (Phi) is 5.84. The monoisotopic (exact) mass is 474 g/mol. The lowest BCUT2D eigenvalue weighted by Gasteiger charge is -2.37. The molecule has 2 saturated heterocycles. The van der Waals surface area contributed by atoms with Crippen LogP contribution in [-0.4, -0.2) is 61.8 Å². The maximum atomic E-state index is 12.7. The number of para-hydroxylation sites is 1. The molecule has 0 amide bonds. The summed E-state index contributed by atoms with van der Waals surface area (Å²) in [5, 5.41) is 4.06. The number of fused-ring (bicyclic) bond motifs is 2. The molecule has 5 rings (SSSR count). The molecular formula is C22H25F3N8O. The van der Waals surface area contributed by atoms with Gasteiger partial charge in [0.15, 0.2) is 0 Å². The fourth-order valence-corrected chi connectivity index (χ4v) is 4.99. The van der Waals surface area contributed by atoms with Crippen molar-refractivity contribution in [2.45, 2.75) is 56.3 Å². The smallest absolute Gasteiger partial charge is 0.368 e. The molecule has 2 N–H and O–H groups in total. The van der Waals surface area contributed by atoms with Crippen molar-refractivity contribution in [2.75, 3.05) is 24.2 Å². The summed E-state index contributed by atoms with van der Waals surface area (Å²) in [7, 11) is 1.82. The molecule has 0 aliphatic carbocycles. The molecule has 12 heteroatoms. The van der Waals surface area contributed by atoms with E-state index >= 15 is 0 Å². The number of anilines is 3. The number of aromatic nitrogens is 5. The van der Waals surface area contributed by atoms with Gasteiger partial charge >= 0.3 is 6.18 Å². The molecule has 3 atom stereocenters. The summed E-state index contributed by atoms with van der Waals surface area (Å²) < 4.78 is 43.7. The second kappa shape index (κ2) is 8.82. The minimum atomic E-state index is -4.14. The Morgan fingerprint density at radius 1 is 1.03 bits per heavy atom. The highest BCUT2D eigenvalue weighted by Gasteiger charge is 2.44. The molecular weight excluding hydrogens is 449 g/mol. The van der Waals surface area contributed by atoms with Gasteiger partial charge in [-0.2, -0.15) is 33.1 Å². The van der Waals surface area contributed by atoms with Crippen LogP contribution in [0.3, 0.4) is 0 Å². The molecule has 0 radical (unpaired) electrons. The minimum absolute atomic E-state index is 0.00784. The van der Waals surface area contributed by atoms with Crippen LogP contribution in [-0.2, 0) is 0 Å². The van der Waals surface area contributed by atoms with Crippen molar-refractivity contribution in [3.8, 4) is 11.6 Å². The van der Waals surface area contributed by atoms with E-state index in [1.165, 1.54) is 0 Å². The quantitative estimate of drug-likeness (QED) is 0.568. The van der Waals surface area contributed by atoms with E-state index in [4.69, 9.17) is 10.3 Å². The summed E-state index contributed by atoms with van der Waals surface area (Å²) in [6.07, 6.45) is -1.76. The van der Waals surface area contributed by atoms with Crippen LogP contribution in [0.25, 0.3) is 11.6 Å². The second-order valence-corrected chi connectivity index (χ2v) is 8.82. The molecule has 2 aromatic heterocycles. The largest absolute Gasteiger partial charge is 0.390 e. The van der Waals surface area contributed by atoms with Crippen LogP contribution in [0, 0.1) is 0 Å². The molecule has 0 unspecified atom stereocenters. The molecule has 2 aliphatic rings. The van der Waals surface area contributed by atoms with Crippen LogP contribution in [0.15, 0.2) is 34.9 Å². The summed E-state index contributed by atoms with van der Waals surface area (Å²) in [5.74, 6) is 1.23. The first-order valence-corrected chi connectivity index (χ1v) is 11.2. The Bertz CT molecular complexity index is 1120. The Morgan fingerprint density at radius 2 is 1.74 bits per heavy atom. The Balaban J connectivity index is 1.32. The maximum Gasteiger partial charge on any atom is 0.390 e. The maximum absolute atomic E-state index is 12.7. The summed E-state index contributed by atoms with van der Waals surface area (Å²) in [6, 6.07) is 9.76. The average molecular weight is 474 g/mol. The van der Waals surface area contributed by atoms with Gasteiger partial charge in [0, 0.05) is 37.3 Å². The molecule has 180 valence electrons. The first kappa shape index (κ1) is 22.5. The van der Waals surface area contributed by atoms with Gasteiger partial charge in [-0.3, -0.25) is 4.90 Å². The van der Waals surface area contributed by atoms with E-state index in [1.54, 1.807) is 4.90 Å². The molecule has 4 heterocycles. The van der Waals surface area contributed by atoms with Crippen LogP contribution in [0.4, 0.5) is 30.8 Å². The molecule has 34 heavy (non-hydrogen) atoms. The van der Waals surface area contributed by atoms with Crippen molar-refractivity contribution < 1.29 is 17.7 Å². The van der Waals surface area contributed by atoms with E-state index in [9.17, 15) is 13.2 Å². The Labute approximate surface area is 194 Å². The highest BCUT2D eigenvalue weighted by atomic mass is 19.4. The fourth-order valence-electron chi connectivity index (χ4n) is 4.99. The normalized spacial score (nSPS) is 22.8. The van der Waals surface area contributed by atoms with Crippen molar-refractivity contribution in [3.05, 3.63) is 36.2 Å². The zero-order valence-corrected chi connectivity index (χ0v) is 18.6. The summed E-state index contributed by atoms with van der Waals surface area (Å²) in [6.45, 7) is 0.0441. The van der Waals surface area contributed by atoms with Gasteiger partial charge in [-0.05, 0) is 37.8 Å². The van der Waals surface area contributed by atoms with E-state index < -0.39 is 12.6 Å². The number of nitrogens with two attached hydrogens (primary N) is 1. The van der Waals surface area contributed by atoms with Crippen LogP contribution in [0.5, 0.6) is 0 Å². The number of benzene rings is 1. The second-order valence-electron chi connectivity index (χ2n) is 8.82. The van der Waals surface area contributed by atoms with E-state index in [2.05, 4.69) is 25.1 Å². The standard InChI is InChI=1S/C22H25F3N8O/c1-32(14-5-3-2-4-6-14)21-29-17(28-20(26)30-21)18-27-19(34-31-18)13-11-15-7-8-16(12-13)33(15)10-9-22(23,24)25/h2-6,13,15-16H,7-12H2,1H3,(H2,26,28,29,30)/t13-,15+,16-. The lowest BCUT2D eigenvalue weighted by molar-refractivity contribution is -0.140. The SMILES string of the molecule is CN(c1ccccc1)c1nc(N)nc(-c2noc([C@H]3C[C@H]4CC[C@@H](C3)N4CCC(F)(F)F)n2)n1. The van der Waals surface area contributed by atoms with Crippen LogP contribution < -0.4 is 10.6 Å². The van der Waals surface area contributed by atoms with Gasteiger partial charge in [0.1, 0.15) is 0 Å². The van der Waals surface area contributed by atoms with Crippen molar-refractivity contribution in [1.29, 1.82) is 0 Å².